The Labute approximate surface area is 81.1 Å². The van der Waals surface area contributed by atoms with Crippen LogP contribution in [0.3, 0.4) is 0 Å². The lowest BCUT2D eigenvalue weighted by atomic mass is 10.2. The number of para-hydroxylation sites is 2. The number of hydrogen-bond acceptors (Lipinski definition) is 3. The van der Waals surface area contributed by atoms with Crippen LogP contribution < -0.4 is 9.47 Å². The van der Waals surface area contributed by atoms with Gasteiger partial charge in [-0.3, -0.25) is 4.79 Å². The first-order valence-corrected chi connectivity index (χ1v) is 4.36. The van der Waals surface area contributed by atoms with Crippen LogP contribution in [0.25, 0.3) is 0 Å². The Morgan fingerprint density at radius 1 is 1.43 bits per heavy atom. The van der Waals surface area contributed by atoms with Crippen molar-refractivity contribution in [3.05, 3.63) is 24.3 Å². The predicted octanol–water partition coefficient (Wildman–Crippen LogP) is 1.30. The van der Waals surface area contributed by atoms with E-state index < -0.39 is 5.97 Å². The van der Waals surface area contributed by atoms with Crippen LogP contribution in [0.5, 0.6) is 11.5 Å². The highest BCUT2D eigenvalue weighted by atomic mass is 16.6. The molecule has 1 N–H and O–H groups in total. The standard InChI is InChI=1S/C10H10O4/c11-10(12)5-7-6-13-8-3-1-2-4-9(8)14-7/h1-4,7H,5-6H2,(H,11,12)/t7-/m0/s1. The van der Waals surface area contributed by atoms with Crippen molar-refractivity contribution in [1.29, 1.82) is 0 Å². The van der Waals surface area contributed by atoms with E-state index in [1.54, 1.807) is 12.1 Å². The van der Waals surface area contributed by atoms with Gasteiger partial charge >= 0.3 is 5.97 Å². The Balaban J connectivity index is 2.09. The Morgan fingerprint density at radius 2 is 2.14 bits per heavy atom. The van der Waals surface area contributed by atoms with E-state index in [9.17, 15) is 4.79 Å². The quantitative estimate of drug-likeness (QED) is 0.771. The second-order valence-electron chi connectivity index (χ2n) is 3.10. The minimum atomic E-state index is -0.877. The van der Waals surface area contributed by atoms with Gasteiger partial charge in [-0.05, 0) is 12.1 Å². The maximum atomic E-state index is 10.4. The van der Waals surface area contributed by atoms with Crippen molar-refractivity contribution in [2.45, 2.75) is 12.5 Å². The number of ether oxygens (including phenoxy) is 2. The van der Waals surface area contributed by atoms with Gasteiger partial charge in [-0.25, -0.2) is 0 Å². The molecule has 74 valence electrons. The van der Waals surface area contributed by atoms with Gasteiger partial charge in [0.05, 0.1) is 6.42 Å². The molecule has 0 aromatic heterocycles. The molecule has 0 saturated heterocycles. The molecule has 1 aromatic carbocycles. The summed E-state index contributed by atoms with van der Waals surface area (Å²) in [5.74, 6) is 0.414. The highest BCUT2D eigenvalue weighted by Crippen LogP contribution is 2.31. The summed E-state index contributed by atoms with van der Waals surface area (Å²) in [6, 6.07) is 7.24. The van der Waals surface area contributed by atoms with Crippen LogP contribution in [0.4, 0.5) is 0 Å². The van der Waals surface area contributed by atoms with Gasteiger partial charge in [-0.1, -0.05) is 12.1 Å². The molecule has 4 nitrogen and oxygen atoms in total. The zero-order valence-electron chi connectivity index (χ0n) is 7.47. The average molecular weight is 194 g/mol. The molecule has 1 atom stereocenters. The van der Waals surface area contributed by atoms with Crippen molar-refractivity contribution in [2.24, 2.45) is 0 Å². The van der Waals surface area contributed by atoms with Gasteiger partial charge in [0.15, 0.2) is 11.5 Å². The summed E-state index contributed by atoms with van der Waals surface area (Å²) in [4.78, 5) is 10.4. The molecule has 4 heteroatoms. The topological polar surface area (TPSA) is 55.8 Å². The molecule has 0 radical (unpaired) electrons. The van der Waals surface area contributed by atoms with Gasteiger partial charge in [-0.2, -0.15) is 0 Å². The van der Waals surface area contributed by atoms with Crippen molar-refractivity contribution < 1.29 is 19.4 Å². The minimum Gasteiger partial charge on any atom is -0.486 e. The third-order valence-electron chi connectivity index (χ3n) is 1.97. The van der Waals surface area contributed by atoms with Crippen LogP contribution in [0, 0.1) is 0 Å². The molecule has 0 fully saturated rings. The summed E-state index contributed by atoms with van der Waals surface area (Å²) >= 11 is 0. The molecule has 0 unspecified atom stereocenters. The lowest BCUT2D eigenvalue weighted by Crippen LogP contribution is -2.31. The van der Waals surface area contributed by atoms with Crippen molar-refractivity contribution >= 4 is 5.97 Å². The molecule has 14 heavy (non-hydrogen) atoms. The monoisotopic (exact) mass is 194 g/mol. The molecule has 1 aliphatic heterocycles. The summed E-state index contributed by atoms with van der Waals surface area (Å²) < 4.78 is 10.8. The highest BCUT2D eigenvalue weighted by molar-refractivity contribution is 5.67. The van der Waals surface area contributed by atoms with E-state index >= 15 is 0 Å². The maximum Gasteiger partial charge on any atom is 0.307 e. The van der Waals surface area contributed by atoms with Gasteiger partial charge < -0.3 is 14.6 Å². The summed E-state index contributed by atoms with van der Waals surface area (Å²) in [7, 11) is 0. The first-order valence-electron chi connectivity index (χ1n) is 4.36. The summed E-state index contributed by atoms with van der Waals surface area (Å²) in [6.45, 7) is 0.295. The number of aliphatic carboxylic acids is 1. The third-order valence-corrected chi connectivity index (χ3v) is 1.97. The second-order valence-corrected chi connectivity index (χ2v) is 3.10. The minimum absolute atomic E-state index is 0.0334. The van der Waals surface area contributed by atoms with E-state index in [0.717, 1.165) is 0 Å². The van der Waals surface area contributed by atoms with E-state index in [2.05, 4.69) is 0 Å². The van der Waals surface area contributed by atoms with E-state index in [4.69, 9.17) is 14.6 Å². The zero-order valence-corrected chi connectivity index (χ0v) is 7.47. The van der Waals surface area contributed by atoms with Crippen LogP contribution in [-0.2, 0) is 4.79 Å². The number of carboxylic acids is 1. The fourth-order valence-electron chi connectivity index (χ4n) is 1.36. The van der Waals surface area contributed by atoms with Crippen molar-refractivity contribution in [1.82, 2.24) is 0 Å². The fraction of sp³-hybridized carbons (Fsp3) is 0.300. The van der Waals surface area contributed by atoms with Crippen LogP contribution in [0.2, 0.25) is 0 Å². The molecule has 1 aliphatic rings. The molecule has 0 saturated carbocycles. The summed E-state index contributed by atoms with van der Waals surface area (Å²) in [5, 5.41) is 8.58. The Bertz CT molecular complexity index is 348. The van der Waals surface area contributed by atoms with Gasteiger partial charge in [-0.15, -0.1) is 0 Å². The summed E-state index contributed by atoms with van der Waals surface area (Å²) in [6.07, 6.45) is -0.420. The van der Waals surface area contributed by atoms with Gasteiger partial charge in [0.25, 0.3) is 0 Å². The molecule has 1 heterocycles. The SMILES string of the molecule is O=C(O)C[C@H]1COc2ccccc2O1. The number of rotatable bonds is 2. The van der Waals surface area contributed by atoms with E-state index in [1.165, 1.54) is 0 Å². The average Bonchev–Trinajstić information content (AvgIpc) is 2.17. The predicted molar refractivity (Wildman–Crippen MR) is 48.6 cm³/mol. The number of carboxylic acid groups (broad SMARTS) is 1. The molecule has 0 bridgehead atoms. The lowest BCUT2D eigenvalue weighted by Gasteiger charge is -2.25. The first kappa shape index (κ1) is 8.87. The molecular formula is C10H10O4. The van der Waals surface area contributed by atoms with Gasteiger partial charge in [0.2, 0.25) is 0 Å². The maximum absolute atomic E-state index is 10.4. The molecule has 0 amide bonds. The van der Waals surface area contributed by atoms with Crippen molar-refractivity contribution in [3.8, 4) is 11.5 Å². The normalized spacial score (nSPS) is 19.0. The van der Waals surface area contributed by atoms with Crippen molar-refractivity contribution in [2.75, 3.05) is 6.61 Å². The smallest absolute Gasteiger partial charge is 0.307 e. The Hall–Kier alpha value is -1.71. The molecule has 2 rings (SSSR count). The van der Waals surface area contributed by atoms with Crippen LogP contribution in [-0.4, -0.2) is 23.8 Å². The lowest BCUT2D eigenvalue weighted by molar-refractivity contribution is -0.139. The molecule has 0 aliphatic carbocycles. The highest BCUT2D eigenvalue weighted by Gasteiger charge is 2.22. The van der Waals surface area contributed by atoms with E-state index in [-0.39, 0.29) is 12.5 Å². The Morgan fingerprint density at radius 3 is 2.86 bits per heavy atom. The van der Waals surface area contributed by atoms with Crippen LogP contribution >= 0.6 is 0 Å². The number of carbonyl (C=O) groups is 1. The fourth-order valence-corrected chi connectivity index (χ4v) is 1.36. The number of fused-ring (bicyclic) bond motifs is 1. The number of hydrogen-bond donors (Lipinski definition) is 1. The number of benzene rings is 1. The zero-order chi connectivity index (χ0) is 9.97. The molecule has 0 spiro atoms. The summed E-state index contributed by atoms with van der Waals surface area (Å²) in [5.41, 5.74) is 0. The van der Waals surface area contributed by atoms with E-state index in [1.807, 2.05) is 12.1 Å². The van der Waals surface area contributed by atoms with E-state index in [0.29, 0.717) is 18.1 Å². The van der Waals surface area contributed by atoms with Crippen LogP contribution in [0.15, 0.2) is 24.3 Å². The first-order chi connectivity index (χ1) is 6.75. The van der Waals surface area contributed by atoms with Crippen LogP contribution in [0.1, 0.15) is 6.42 Å². The van der Waals surface area contributed by atoms with Gasteiger partial charge in [0.1, 0.15) is 12.7 Å². The second kappa shape index (κ2) is 3.57. The molecule has 1 aromatic rings. The largest absolute Gasteiger partial charge is 0.486 e. The van der Waals surface area contributed by atoms with Crippen molar-refractivity contribution in [3.63, 3.8) is 0 Å². The third kappa shape index (κ3) is 1.79. The van der Waals surface area contributed by atoms with Gasteiger partial charge in [0, 0.05) is 0 Å². The molecular weight excluding hydrogens is 184 g/mol. The Kier molecular flexibility index (Phi) is 2.26.